The first-order valence-electron chi connectivity index (χ1n) is 8.34. The summed E-state index contributed by atoms with van der Waals surface area (Å²) in [5.74, 6) is 1.56. The molecule has 1 atom stereocenters. The average Bonchev–Trinajstić information content (AvgIpc) is 2.86. The van der Waals surface area contributed by atoms with E-state index < -0.39 is 5.41 Å². The van der Waals surface area contributed by atoms with Gasteiger partial charge < -0.3 is 19.7 Å². The number of carbonyl (C=O) groups is 1. The molecule has 0 saturated heterocycles. The van der Waals surface area contributed by atoms with Crippen molar-refractivity contribution in [1.29, 1.82) is 0 Å². The second kappa shape index (κ2) is 6.67. The number of methoxy groups -OCH3 is 1. The van der Waals surface area contributed by atoms with Crippen molar-refractivity contribution in [2.24, 2.45) is 0 Å². The van der Waals surface area contributed by atoms with E-state index in [1.165, 1.54) is 0 Å². The number of benzene rings is 2. The molecule has 5 nitrogen and oxygen atoms in total. The molecule has 1 aliphatic rings. The molecule has 1 heterocycles. The van der Waals surface area contributed by atoms with Gasteiger partial charge in [-0.3, -0.25) is 4.79 Å². The van der Waals surface area contributed by atoms with E-state index in [4.69, 9.17) is 9.47 Å². The third-order valence-electron chi connectivity index (χ3n) is 4.79. The standard InChI is InChI=1S/C20H24N2O3/c1-20(11-12-25-15-7-5-14(6-8-15)22(2)3)17-13-16(24-4)9-10-18(17)21-19(20)23/h5-10,13H,11-12H2,1-4H3,(H,21,23). The fourth-order valence-electron chi connectivity index (χ4n) is 3.06. The molecule has 0 spiro atoms. The van der Waals surface area contributed by atoms with Crippen molar-refractivity contribution >= 4 is 17.3 Å². The van der Waals surface area contributed by atoms with Crippen LogP contribution in [0.2, 0.25) is 0 Å². The number of anilines is 2. The van der Waals surface area contributed by atoms with Crippen LogP contribution in [0.25, 0.3) is 0 Å². The van der Waals surface area contributed by atoms with E-state index in [9.17, 15) is 4.79 Å². The predicted molar refractivity (Wildman–Crippen MR) is 99.9 cm³/mol. The maximum atomic E-state index is 12.5. The summed E-state index contributed by atoms with van der Waals surface area (Å²) in [6.45, 7) is 2.41. The predicted octanol–water partition coefficient (Wildman–Crippen LogP) is 3.44. The van der Waals surface area contributed by atoms with Crippen LogP contribution < -0.4 is 19.7 Å². The SMILES string of the molecule is COc1ccc2c(c1)C(C)(CCOc1ccc(N(C)C)cc1)C(=O)N2. The van der Waals surface area contributed by atoms with E-state index >= 15 is 0 Å². The summed E-state index contributed by atoms with van der Waals surface area (Å²) in [5.41, 5.74) is 2.32. The van der Waals surface area contributed by atoms with Crippen molar-refractivity contribution in [3.8, 4) is 11.5 Å². The van der Waals surface area contributed by atoms with Gasteiger partial charge in [0.1, 0.15) is 11.5 Å². The lowest BCUT2D eigenvalue weighted by atomic mass is 9.81. The first kappa shape index (κ1) is 17.1. The quantitative estimate of drug-likeness (QED) is 0.875. The van der Waals surface area contributed by atoms with Crippen molar-refractivity contribution in [3.63, 3.8) is 0 Å². The Bertz CT molecular complexity index is 771. The van der Waals surface area contributed by atoms with Crippen molar-refractivity contribution in [3.05, 3.63) is 48.0 Å². The van der Waals surface area contributed by atoms with E-state index in [0.29, 0.717) is 13.0 Å². The molecule has 1 unspecified atom stereocenters. The summed E-state index contributed by atoms with van der Waals surface area (Å²) < 4.78 is 11.2. The van der Waals surface area contributed by atoms with Gasteiger partial charge >= 0.3 is 0 Å². The number of carbonyl (C=O) groups excluding carboxylic acids is 1. The van der Waals surface area contributed by atoms with Gasteiger partial charge in [0.2, 0.25) is 5.91 Å². The minimum Gasteiger partial charge on any atom is -0.497 e. The highest BCUT2D eigenvalue weighted by atomic mass is 16.5. The molecule has 1 N–H and O–H groups in total. The molecule has 0 bridgehead atoms. The highest BCUT2D eigenvalue weighted by Crippen LogP contribution is 2.41. The van der Waals surface area contributed by atoms with Crippen molar-refractivity contribution < 1.29 is 14.3 Å². The van der Waals surface area contributed by atoms with Gasteiger partial charge in [-0.2, -0.15) is 0 Å². The molecular weight excluding hydrogens is 316 g/mol. The number of fused-ring (bicyclic) bond motifs is 1. The molecule has 1 aliphatic heterocycles. The Balaban J connectivity index is 1.69. The molecule has 1 amide bonds. The Morgan fingerprint density at radius 2 is 1.76 bits per heavy atom. The molecular formula is C20H24N2O3. The van der Waals surface area contributed by atoms with Gasteiger partial charge in [0.15, 0.2) is 0 Å². The second-order valence-corrected chi connectivity index (χ2v) is 6.68. The van der Waals surface area contributed by atoms with E-state index in [2.05, 4.69) is 5.32 Å². The number of hydrogen-bond acceptors (Lipinski definition) is 4. The molecule has 3 rings (SSSR count). The zero-order valence-corrected chi connectivity index (χ0v) is 15.1. The molecule has 0 aliphatic carbocycles. The normalized spacial score (nSPS) is 18.5. The van der Waals surface area contributed by atoms with Crippen LogP contribution in [0, 0.1) is 0 Å². The van der Waals surface area contributed by atoms with Gasteiger partial charge in [-0.25, -0.2) is 0 Å². The van der Waals surface area contributed by atoms with Gasteiger partial charge in [0, 0.05) is 25.5 Å². The van der Waals surface area contributed by atoms with Crippen LogP contribution in [0.4, 0.5) is 11.4 Å². The van der Waals surface area contributed by atoms with E-state index in [1.54, 1.807) is 7.11 Å². The summed E-state index contributed by atoms with van der Waals surface area (Å²) in [6.07, 6.45) is 0.592. The lowest BCUT2D eigenvalue weighted by Gasteiger charge is -2.22. The number of hydrogen-bond donors (Lipinski definition) is 1. The third-order valence-corrected chi connectivity index (χ3v) is 4.79. The Labute approximate surface area is 148 Å². The van der Waals surface area contributed by atoms with Crippen LogP contribution >= 0.6 is 0 Å². The van der Waals surface area contributed by atoms with E-state index in [0.717, 1.165) is 28.4 Å². The van der Waals surface area contributed by atoms with Crippen LogP contribution in [-0.2, 0) is 10.2 Å². The Morgan fingerprint density at radius 1 is 1.08 bits per heavy atom. The Morgan fingerprint density at radius 3 is 2.40 bits per heavy atom. The van der Waals surface area contributed by atoms with Gasteiger partial charge in [0.25, 0.3) is 0 Å². The average molecular weight is 340 g/mol. The van der Waals surface area contributed by atoms with Crippen LogP contribution in [0.3, 0.4) is 0 Å². The zero-order chi connectivity index (χ0) is 18.0. The first-order chi connectivity index (χ1) is 11.9. The molecule has 2 aromatic rings. The molecule has 0 fully saturated rings. The number of nitrogens with zero attached hydrogens (tertiary/aromatic N) is 1. The summed E-state index contributed by atoms with van der Waals surface area (Å²) in [5, 5.41) is 2.95. The highest BCUT2D eigenvalue weighted by molar-refractivity contribution is 6.06. The lowest BCUT2D eigenvalue weighted by Crippen LogP contribution is -2.32. The highest BCUT2D eigenvalue weighted by Gasteiger charge is 2.42. The van der Waals surface area contributed by atoms with Crippen molar-refractivity contribution in [2.75, 3.05) is 38.0 Å². The number of amides is 1. The summed E-state index contributed by atoms with van der Waals surface area (Å²) in [6, 6.07) is 13.6. The summed E-state index contributed by atoms with van der Waals surface area (Å²) >= 11 is 0. The number of nitrogens with one attached hydrogen (secondary N) is 1. The monoisotopic (exact) mass is 340 g/mol. The van der Waals surface area contributed by atoms with Crippen molar-refractivity contribution in [2.45, 2.75) is 18.8 Å². The minimum atomic E-state index is -0.618. The molecule has 132 valence electrons. The number of ether oxygens (including phenoxy) is 2. The van der Waals surface area contributed by atoms with Crippen LogP contribution in [-0.4, -0.2) is 33.7 Å². The van der Waals surface area contributed by atoms with Crippen LogP contribution in [0.5, 0.6) is 11.5 Å². The van der Waals surface area contributed by atoms with E-state index in [-0.39, 0.29) is 5.91 Å². The first-order valence-corrected chi connectivity index (χ1v) is 8.34. The maximum absolute atomic E-state index is 12.5. The molecule has 0 radical (unpaired) electrons. The van der Waals surface area contributed by atoms with E-state index in [1.807, 2.05) is 68.4 Å². The van der Waals surface area contributed by atoms with Gasteiger partial charge in [-0.05, 0) is 61.4 Å². The van der Waals surface area contributed by atoms with Crippen LogP contribution in [0.1, 0.15) is 18.9 Å². The fraction of sp³-hybridized carbons (Fsp3) is 0.350. The van der Waals surface area contributed by atoms with Crippen LogP contribution in [0.15, 0.2) is 42.5 Å². The number of rotatable bonds is 6. The Hall–Kier alpha value is -2.69. The fourth-order valence-corrected chi connectivity index (χ4v) is 3.06. The van der Waals surface area contributed by atoms with Crippen molar-refractivity contribution in [1.82, 2.24) is 0 Å². The molecule has 25 heavy (non-hydrogen) atoms. The molecule has 0 aromatic heterocycles. The lowest BCUT2D eigenvalue weighted by molar-refractivity contribution is -0.120. The maximum Gasteiger partial charge on any atom is 0.234 e. The van der Waals surface area contributed by atoms with Gasteiger partial charge in [-0.15, -0.1) is 0 Å². The van der Waals surface area contributed by atoms with Gasteiger partial charge in [-0.1, -0.05) is 0 Å². The zero-order valence-electron chi connectivity index (χ0n) is 15.1. The molecule has 0 saturated carbocycles. The topological polar surface area (TPSA) is 50.8 Å². The summed E-state index contributed by atoms with van der Waals surface area (Å²) in [4.78, 5) is 14.5. The molecule has 5 heteroatoms. The second-order valence-electron chi connectivity index (χ2n) is 6.68. The Kier molecular flexibility index (Phi) is 4.57. The molecule has 2 aromatic carbocycles. The third kappa shape index (κ3) is 3.27. The minimum absolute atomic E-state index is 0.00214. The largest absolute Gasteiger partial charge is 0.497 e. The van der Waals surface area contributed by atoms with Gasteiger partial charge in [0.05, 0.1) is 19.1 Å². The summed E-state index contributed by atoms with van der Waals surface area (Å²) in [7, 11) is 5.63. The smallest absolute Gasteiger partial charge is 0.234 e.